The number of anilines is 1. The number of nitrogens with two attached hydrogens (primary N) is 2. The van der Waals surface area contributed by atoms with Crippen LogP contribution in [0.3, 0.4) is 0 Å². The minimum atomic E-state index is -1.10. The molecule has 1 atom stereocenters. The number of aromatic nitrogens is 4. The van der Waals surface area contributed by atoms with Gasteiger partial charge in [0.15, 0.2) is 11.5 Å². The fourth-order valence-corrected chi connectivity index (χ4v) is 2.03. The van der Waals surface area contributed by atoms with E-state index in [-0.39, 0.29) is 24.9 Å². The Hall–Kier alpha value is -2.75. The Morgan fingerprint density at radius 3 is 2.77 bits per heavy atom. The lowest BCUT2D eigenvalue weighted by atomic mass is 10.3. The summed E-state index contributed by atoms with van der Waals surface area (Å²) in [5.41, 5.74) is 12.1. The van der Waals surface area contributed by atoms with Gasteiger partial charge in [0.2, 0.25) is 5.91 Å². The Balaban J connectivity index is 2.20. The van der Waals surface area contributed by atoms with E-state index in [0.717, 1.165) is 0 Å². The normalized spacial score (nSPS) is 12.3. The smallest absolute Gasteiger partial charge is 0.323 e. The molecular formula is C12H17N7O3. The third-order valence-corrected chi connectivity index (χ3v) is 2.92. The molecule has 0 aliphatic carbocycles. The number of aliphatic carboxylic acids is 1. The number of carbonyl (C=O) groups is 2. The molecule has 0 spiro atoms. The fraction of sp³-hybridized carbons (Fsp3) is 0.417. The molecule has 118 valence electrons. The summed E-state index contributed by atoms with van der Waals surface area (Å²) in [4.78, 5) is 36.2. The molecule has 0 bridgehead atoms. The second-order valence-corrected chi connectivity index (χ2v) is 4.95. The molecule has 2 rings (SSSR count). The predicted molar refractivity (Wildman–Crippen MR) is 77.6 cm³/mol. The summed E-state index contributed by atoms with van der Waals surface area (Å²) in [6.45, 7) is 1.33. The van der Waals surface area contributed by atoms with Crippen molar-refractivity contribution in [2.45, 2.75) is 19.5 Å². The molecule has 22 heavy (non-hydrogen) atoms. The Kier molecular flexibility index (Phi) is 4.51. The van der Waals surface area contributed by atoms with Gasteiger partial charge < -0.3 is 26.0 Å². The van der Waals surface area contributed by atoms with Crippen LogP contribution < -0.4 is 11.5 Å². The number of fused-ring (bicyclic) bond motifs is 1. The molecule has 0 aliphatic heterocycles. The average Bonchev–Trinajstić information content (AvgIpc) is 2.81. The zero-order valence-corrected chi connectivity index (χ0v) is 12.0. The summed E-state index contributed by atoms with van der Waals surface area (Å²) < 4.78 is 1.49. The summed E-state index contributed by atoms with van der Waals surface area (Å²) in [7, 11) is 0. The summed E-state index contributed by atoms with van der Waals surface area (Å²) in [6.07, 6.45) is 2.69. The van der Waals surface area contributed by atoms with E-state index in [0.29, 0.717) is 11.2 Å². The van der Waals surface area contributed by atoms with E-state index in [2.05, 4.69) is 15.0 Å². The van der Waals surface area contributed by atoms with E-state index in [1.54, 1.807) is 6.92 Å². The standard InChI is InChI=1S/C12H17N7O3/c1-7(13)2-18(4-9(21)22)8(20)3-19-6-17-10-11(14)15-5-16-12(10)19/h5-7H,2-4,13H2,1H3,(H,21,22)(H2,14,15,16)/t7-/m0/s1. The maximum atomic E-state index is 12.3. The number of imidazole rings is 1. The Morgan fingerprint density at radius 1 is 1.41 bits per heavy atom. The van der Waals surface area contributed by atoms with E-state index in [9.17, 15) is 9.59 Å². The van der Waals surface area contributed by atoms with Crippen LogP contribution in [0.4, 0.5) is 5.82 Å². The molecule has 0 fully saturated rings. The van der Waals surface area contributed by atoms with Gasteiger partial charge in [0.05, 0.1) is 6.33 Å². The maximum Gasteiger partial charge on any atom is 0.323 e. The highest BCUT2D eigenvalue weighted by atomic mass is 16.4. The zero-order valence-electron chi connectivity index (χ0n) is 12.0. The molecule has 1 amide bonds. The number of amides is 1. The molecule has 0 radical (unpaired) electrons. The molecule has 2 heterocycles. The van der Waals surface area contributed by atoms with Gasteiger partial charge in [-0.25, -0.2) is 15.0 Å². The lowest BCUT2D eigenvalue weighted by molar-refractivity contribution is -0.144. The molecular weight excluding hydrogens is 290 g/mol. The molecule has 0 saturated heterocycles. The first-order valence-corrected chi connectivity index (χ1v) is 6.55. The number of carboxylic acids is 1. The minimum Gasteiger partial charge on any atom is -0.480 e. The van der Waals surface area contributed by atoms with Gasteiger partial charge in [0.25, 0.3) is 0 Å². The number of hydrogen-bond donors (Lipinski definition) is 3. The first kappa shape index (κ1) is 15.6. The van der Waals surface area contributed by atoms with Crippen molar-refractivity contribution in [1.82, 2.24) is 24.4 Å². The molecule has 2 aromatic rings. The topological polar surface area (TPSA) is 153 Å². The number of hydrogen-bond acceptors (Lipinski definition) is 7. The number of carboxylic acid groups (broad SMARTS) is 1. The van der Waals surface area contributed by atoms with Crippen LogP contribution in [-0.4, -0.2) is 60.5 Å². The molecule has 0 unspecified atom stereocenters. The Labute approximate surface area is 125 Å². The summed E-state index contributed by atoms with van der Waals surface area (Å²) in [6, 6.07) is -0.333. The van der Waals surface area contributed by atoms with Crippen LogP contribution in [0, 0.1) is 0 Å². The van der Waals surface area contributed by atoms with Gasteiger partial charge in [0.1, 0.15) is 24.9 Å². The highest BCUT2D eigenvalue weighted by molar-refractivity contribution is 5.85. The van der Waals surface area contributed by atoms with Crippen LogP contribution in [0.2, 0.25) is 0 Å². The van der Waals surface area contributed by atoms with Crippen molar-refractivity contribution in [3.05, 3.63) is 12.7 Å². The predicted octanol–water partition coefficient (Wildman–Crippen LogP) is -1.33. The van der Waals surface area contributed by atoms with E-state index in [4.69, 9.17) is 16.6 Å². The van der Waals surface area contributed by atoms with Crippen molar-refractivity contribution in [3.8, 4) is 0 Å². The number of nitrogen functional groups attached to an aromatic ring is 1. The second-order valence-electron chi connectivity index (χ2n) is 4.95. The van der Waals surface area contributed by atoms with Crippen molar-refractivity contribution < 1.29 is 14.7 Å². The van der Waals surface area contributed by atoms with Gasteiger partial charge >= 0.3 is 5.97 Å². The van der Waals surface area contributed by atoms with Gasteiger partial charge in [-0.1, -0.05) is 0 Å². The monoisotopic (exact) mass is 307 g/mol. The Morgan fingerprint density at radius 2 is 2.14 bits per heavy atom. The average molecular weight is 307 g/mol. The third-order valence-electron chi connectivity index (χ3n) is 2.92. The van der Waals surface area contributed by atoms with Crippen LogP contribution in [0.25, 0.3) is 11.2 Å². The van der Waals surface area contributed by atoms with Gasteiger partial charge in [-0.2, -0.15) is 0 Å². The van der Waals surface area contributed by atoms with E-state index in [1.807, 2.05) is 0 Å². The second kappa shape index (κ2) is 6.35. The molecule has 10 heteroatoms. The van der Waals surface area contributed by atoms with Crippen molar-refractivity contribution in [3.63, 3.8) is 0 Å². The van der Waals surface area contributed by atoms with Crippen LogP contribution in [0.5, 0.6) is 0 Å². The van der Waals surface area contributed by atoms with Gasteiger partial charge in [-0.3, -0.25) is 9.59 Å². The fourth-order valence-electron chi connectivity index (χ4n) is 2.03. The van der Waals surface area contributed by atoms with Crippen LogP contribution in [-0.2, 0) is 16.1 Å². The van der Waals surface area contributed by atoms with Gasteiger partial charge in [-0.15, -0.1) is 0 Å². The molecule has 2 aromatic heterocycles. The molecule has 5 N–H and O–H groups in total. The summed E-state index contributed by atoms with van der Waals surface area (Å²) >= 11 is 0. The zero-order chi connectivity index (χ0) is 16.3. The number of nitrogens with zero attached hydrogens (tertiary/aromatic N) is 5. The summed E-state index contributed by atoms with van der Waals surface area (Å²) in [5, 5.41) is 8.89. The van der Waals surface area contributed by atoms with Crippen molar-refractivity contribution in [2.75, 3.05) is 18.8 Å². The number of carbonyl (C=O) groups excluding carboxylic acids is 1. The molecule has 0 aliphatic rings. The lowest BCUT2D eigenvalue weighted by Crippen LogP contribution is -2.43. The molecule has 0 saturated carbocycles. The highest BCUT2D eigenvalue weighted by Crippen LogP contribution is 2.14. The maximum absolute atomic E-state index is 12.3. The van der Waals surface area contributed by atoms with E-state index >= 15 is 0 Å². The largest absolute Gasteiger partial charge is 0.480 e. The lowest BCUT2D eigenvalue weighted by Gasteiger charge is -2.22. The minimum absolute atomic E-state index is 0.104. The van der Waals surface area contributed by atoms with Gasteiger partial charge in [-0.05, 0) is 6.92 Å². The highest BCUT2D eigenvalue weighted by Gasteiger charge is 2.19. The molecule has 10 nitrogen and oxygen atoms in total. The first-order valence-electron chi connectivity index (χ1n) is 6.55. The van der Waals surface area contributed by atoms with Gasteiger partial charge in [0, 0.05) is 12.6 Å². The van der Waals surface area contributed by atoms with Crippen molar-refractivity contribution >= 4 is 28.9 Å². The molecule has 0 aromatic carbocycles. The SMILES string of the molecule is C[C@H](N)CN(CC(=O)O)C(=O)Cn1cnc2c(N)ncnc21. The van der Waals surface area contributed by atoms with Crippen LogP contribution >= 0.6 is 0 Å². The van der Waals surface area contributed by atoms with E-state index in [1.165, 1.54) is 22.1 Å². The quantitative estimate of drug-likeness (QED) is 0.593. The summed E-state index contributed by atoms with van der Waals surface area (Å²) in [5.74, 6) is -1.28. The van der Waals surface area contributed by atoms with Crippen molar-refractivity contribution in [2.24, 2.45) is 5.73 Å². The Bertz CT molecular complexity index is 697. The van der Waals surface area contributed by atoms with Crippen molar-refractivity contribution in [1.29, 1.82) is 0 Å². The van der Waals surface area contributed by atoms with Crippen LogP contribution in [0.1, 0.15) is 6.92 Å². The third kappa shape index (κ3) is 3.47. The van der Waals surface area contributed by atoms with Crippen LogP contribution in [0.15, 0.2) is 12.7 Å². The number of rotatable bonds is 6. The first-order chi connectivity index (χ1) is 10.4. The van der Waals surface area contributed by atoms with E-state index < -0.39 is 18.4 Å².